The average molecular weight is 696 g/mol. The molecule has 0 aromatic heterocycles. The fourth-order valence-electron chi connectivity index (χ4n) is 6.77. The lowest BCUT2D eigenvalue weighted by Gasteiger charge is -2.39. The van der Waals surface area contributed by atoms with Gasteiger partial charge in [0.25, 0.3) is 16.1 Å². The summed E-state index contributed by atoms with van der Waals surface area (Å²) in [5.41, 5.74) is -1.51. The molecule has 1 unspecified atom stereocenters. The third kappa shape index (κ3) is 8.57. The van der Waals surface area contributed by atoms with Gasteiger partial charge in [0, 0.05) is 45.8 Å². The third-order valence-corrected chi connectivity index (χ3v) is 12.1. The topological polar surface area (TPSA) is 177 Å². The van der Waals surface area contributed by atoms with E-state index in [1.807, 2.05) is 55.4 Å². The Labute approximate surface area is 286 Å². The van der Waals surface area contributed by atoms with Crippen LogP contribution in [0.3, 0.4) is 0 Å². The number of likely N-dealkylation sites (N-methyl/N-ethyl adjacent to an activating group) is 1. The molecule has 0 radical (unpaired) electrons. The average Bonchev–Trinajstić information content (AvgIpc) is 3.43. The van der Waals surface area contributed by atoms with Crippen molar-refractivity contribution in [3.05, 3.63) is 12.7 Å². The zero-order chi connectivity index (χ0) is 36.6. The first-order valence-corrected chi connectivity index (χ1v) is 18.2. The van der Waals surface area contributed by atoms with Crippen LogP contribution in [-0.4, -0.2) is 115 Å². The molecule has 15 heteroatoms. The Balaban J connectivity index is 1.78. The number of nitrogens with one attached hydrogen (secondary N) is 4. The quantitative estimate of drug-likeness (QED) is 0.166. The Kier molecular flexibility index (Phi) is 11.9. The van der Waals surface area contributed by atoms with E-state index in [1.165, 1.54) is 33.6 Å². The third-order valence-electron chi connectivity index (χ3n) is 10.1. The first-order valence-electron chi connectivity index (χ1n) is 16.8. The summed E-state index contributed by atoms with van der Waals surface area (Å²) in [5, 5.41) is 10.8. The first kappa shape index (κ1) is 39.4. The molecule has 272 valence electrons. The Morgan fingerprint density at radius 1 is 0.979 bits per heavy atom. The summed E-state index contributed by atoms with van der Waals surface area (Å²) >= 11 is 0. The summed E-state index contributed by atoms with van der Waals surface area (Å²) in [6.45, 7) is 21.5. The molecule has 0 bridgehead atoms. The van der Waals surface area contributed by atoms with Crippen molar-refractivity contribution >= 4 is 39.7 Å². The Hall–Kier alpha value is -3.04. The maximum absolute atomic E-state index is 14.3. The number of piperidine rings is 1. The van der Waals surface area contributed by atoms with Gasteiger partial charge in [-0.3, -0.25) is 19.2 Å². The number of rotatable bonds is 13. The Morgan fingerprint density at radius 3 is 2.08 bits per heavy atom. The van der Waals surface area contributed by atoms with E-state index in [1.54, 1.807) is 0 Å². The second kappa shape index (κ2) is 14.4. The molecule has 14 nitrogen and oxygen atoms in total. The molecule has 48 heavy (non-hydrogen) atoms. The highest BCUT2D eigenvalue weighted by molar-refractivity contribution is 7.86. The second-order valence-electron chi connectivity index (χ2n) is 16.2. The van der Waals surface area contributed by atoms with Crippen molar-refractivity contribution in [3.63, 3.8) is 0 Å². The number of ketones is 1. The maximum Gasteiger partial charge on any atom is 0.315 e. The molecule has 5 amide bonds. The second-order valence-corrected chi connectivity index (χ2v) is 18.2. The van der Waals surface area contributed by atoms with E-state index < -0.39 is 74.7 Å². The van der Waals surface area contributed by atoms with Gasteiger partial charge < -0.3 is 26.2 Å². The fraction of sp³-hybridized carbons (Fsp3) is 0.788. The molecule has 3 rings (SSSR count). The van der Waals surface area contributed by atoms with Crippen molar-refractivity contribution in [1.82, 2.24) is 34.8 Å². The largest absolute Gasteiger partial charge is 0.346 e. The van der Waals surface area contributed by atoms with Crippen molar-refractivity contribution in [2.45, 2.75) is 99.3 Å². The van der Waals surface area contributed by atoms with Crippen LogP contribution in [0.4, 0.5) is 4.79 Å². The number of Topliss-reactive ketones (excluding diaryl/α,β-unsaturated/α-hetero) is 1. The minimum absolute atomic E-state index is 0.0270. The lowest BCUT2D eigenvalue weighted by Crippen LogP contribution is -2.62. The predicted molar refractivity (Wildman–Crippen MR) is 183 cm³/mol. The number of hydrogen-bond acceptors (Lipinski definition) is 7. The number of carbonyl (C=O) groups excluding carboxylic acids is 5. The molecular weight excluding hydrogens is 638 g/mol. The van der Waals surface area contributed by atoms with Gasteiger partial charge in [-0.2, -0.15) is 17.0 Å². The smallest absolute Gasteiger partial charge is 0.315 e. The van der Waals surface area contributed by atoms with Gasteiger partial charge in [0.15, 0.2) is 0 Å². The van der Waals surface area contributed by atoms with Gasteiger partial charge in [-0.05, 0) is 47.8 Å². The van der Waals surface area contributed by atoms with Gasteiger partial charge in [-0.25, -0.2) is 4.79 Å². The van der Waals surface area contributed by atoms with E-state index in [2.05, 4.69) is 27.8 Å². The van der Waals surface area contributed by atoms with Crippen LogP contribution in [0, 0.1) is 28.1 Å². The zero-order valence-corrected chi connectivity index (χ0v) is 31.1. The maximum atomic E-state index is 14.3. The number of carbonyl (C=O) groups is 5. The van der Waals surface area contributed by atoms with Crippen LogP contribution in [0.25, 0.3) is 0 Å². The molecule has 3 fully saturated rings. The van der Waals surface area contributed by atoms with Gasteiger partial charge in [0.2, 0.25) is 17.6 Å². The first-order chi connectivity index (χ1) is 22.0. The molecule has 1 aliphatic carbocycles. The molecule has 6 atom stereocenters. The van der Waals surface area contributed by atoms with Gasteiger partial charge in [0.05, 0.1) is 6.04 Å². The molecular formula is C33H57N7O7S. The molecule has 0 aromatic rings. The summed E-state index contributed by atoms with van der Waals surface area (Å²) in [5.74, 6) is -2.75. The summed E-state index contributed by atoms with van der Waals surface area (Å²) in [6, 6.07) is -4.29. The van der Waals surface area contributed by atoms with Crippen LogP contribution < -0.4 is 21.3 Å². The van der Waals surface area contributed by atoms with Crippen LogP contribution >= 0.6 is 0 Å². The Morgan fingerprint density at radius 2 is 1.56 bits per heavy atom. The highest BCUT2D eigenvalue weighted by Gasteiger charge is 2.69. The molecule has 0 spiro atoms. The van der Waals surface area contributed by atoms with Gasteiger partial charge >= 0.3 is 6.03 Å². The van der Waals surface area contributed by atoms with E-state index in [0.717, 1.165) is 12.8 Å². The molecule has 2 aliphatic heterocycles. The van der Waals surface area contributed by atoms with E-state index in [0.29, 0.717) is 19.6 Å². The van der Waals surface area contributed by atoms with Crippen LogP contribution in [0.2, 0.25) is 0 Å². The van der Waals surface area contributed by atoms with E-state index in [-0.39, 0.29) is 30.3 Å². The number of likely N-dealkylation sites (tertiary alicyclic amines) is 1. The van der Waals surface area contributed by atoms with Crippen LogP contribution in [0.1, 0.15) is 75.2 Å². The lowest BCUT2D eigenvalue weighted by molar-refractivity contribution is -0.145. The molecule has 2 saturated heterocycles. The van der Waals surface area contributed by atoms with Crippen LogP contribution in [-0.2, 0) is 29.4 Å². The van der Waals surface area contributed by atoms with Crippen molar-refractivity contribution < 1.29 is 32.4 Å². The van der Waals surface area contributed by atoms with Crippen molar-refractivity contribution in [2.24, 2.45) is 28.1 Å². The highest BCUT2D eigenvalue weighted by Crippen LogP contribution is 2.65. The van der Waals surface area contributed by atoms with Crippen molar-refractivity contribution in [1.29, 1.82) is 0 Å². The molecule has 4 N–H and O–H groups in total. The van der Waals surface area contributed by atoms with Crippen molar-refractivity contribution in [2.75, 3.05) is 39.8 Å². The fourth-order valence-corrected chi connectivity index (χ4v) is 8.23. The summed E-state index contributed by atoms with van der Waals surface area (Å²) in [7, 11) is -2.20. The zero-order valence-electron chi connectivity index (χ0n) is 30.3. The lowest BCUT2D eigenvalue weighted by atomic mass is 9.85. The molecule has 3 aliphatic rings. The predicted octanol–water partition coefficient (Wildman–Crippen LogP) is 1.25. The summed E-state index contributed by atoms with van der Waals surface area (Å²) < 4.78 is 29.0. The van der Waals surface area contributed by atoms with Crippen LogP contribution in [0.5, 0.6) is 0 Å². The number of urea groups is 1. The number of nitrogens with zero attached hydrogens (tertiary/aromatic N) is 3. The number of fused-ring (bicyclic) bond motifs is 1. The van der Waals surface area contributed by atoms with E-state index >= 15 is 0 Å². The van der Waals surface area contributed by atoms with E-state index in [4.69, 9.17) is 0 Å². The number of amides is 5. The van der Waals surface area contributed by atoms with Crippen LogP contribution in [0.15, 0.2) is 12.7 Å². The van der Waals surface area contributed by atoms with Gasteiger partial charge in [-0.1, -0.05) is 61.5 Å². The Bertz CT molecular complexity index is 1380. The van der Waals surface area contributed by atoms with E-state index in [9.17, 15) is 32.4 Å². The molecule has 0 aromatic carbocycles. The monoisotopic (exact) mass is 695 g/mol. The number of hydrogen-bond donors (Lipinski definition) is 4. The minimum atomic E-state index is -3.70. The minimum Gasteiger partial charge on any atom is -0.346 e. The van der Waals surface area contributed by atoms with Gasteiger partial charge in [-0.15, -0.1) is 6.58 Å². The highest BCUT2D eigenvalue weighted by atomic mass is 32.2. The molecule has 2 heterocycles. The van der Waals surface area contributed by atoms with Crippen molar-refractivity contribution in [3.8, 4) is 0 Å². The van der Waals surface area contributed by atoms with Gasteiger partial charge in [0.1, 0.15) is 12.1 Å². The standard InChI is InChI=1S/C33H57N7O7S/c1-12-15-34-28(43)25(41)20(2)35-27(42)24-23-21(33(23,9)10)18-40(24)29(44)26(32(6,7)8)37-30(45)36-22(31(3,4)5)19-38(11)48(46,47)39-16-13-14-17-39/h12,20-24,26H,1,13-19H2,2-11H3,(H,34,43)(H,35,42)(H2,36,37,45)/t20?,21-,22+,23-,24-,26+/m0/s1. The summed E-state index contributed by atoms with van der Waals surface area (Å²) in [4.78, 5) is 67.9. The molecule has 1 saturated carbocycles. The normalized spacial score (nSPS) is 24.2. The summed E-state index contributed by atoms with van der Waals surface area (Å²) in [6.07, 6.45) is 3.05. The SMILES string of the molecule is C=CCNC(=O)C(=O)C(C)NC(=O)[C@@H]1[C@@H]2[C@H](CN1C(=O)[C@@H](NC(=O)N[C@H](CN(C)S(=O)(=O)N1CCCC1)C(C)(C)C)C(C)(C)C)C2(C)C.